The highest BCUT2D eigenvalue weighted by molar-refractivity contribution is 4.89. The number of ether oxygens (including phenoxy) is 2. The van der Waals surface area contributed by atoms with Crippen molar-refractivity contribution in [2.45, 2.75) is 62.8 Å². The van der Waals surface area contributed by atoms with Crippen LogP contribution in [0.3, 0.4) is 0 Å². The average Bonchev–Trinajstić information content (AvgIpc) is 2.46. The van der Waals surface area contributed by atoms with Gasteiger partial charge in [0.1, 0.15) is 0 Å². The molecule has 0 aromatic carbocycles. The predicted molar refractivity (Wildman–Crippen MR) is 72.6 cm³/mol. The van der Waals surface area contributed by atoms with Crippen LogP contribution in [0, 0.1) is 0 Å². The van der Waals surface area contributed by atoms with E-state index >= 15 is 0 Å². The van der Waals surface area contributed by atoms with E-state index in [0.29, 0.717) is 24.3 Å². The molecule has 2 fully saturated rings. The minimum atomic E-state index is 0.408. The fraction of sp³-hybridized carbons (Fsp3) is 1.00. The third-order valence-electron chi connectivity index (χ3n) is 4.76. The highest BCUT2D eigenvalue weighted by Gasteiger charge is 2.34. The lowest BCUT2D eigenvalue weighted by Crippen LogP contribution is -2.53. The Morgan fingerprint density at radius 3 is 2.22 bits per heavy atom. The van der Waals surface area contributed by atoms with Gasteiger partial charge in [-0.2, -0.15) is 0 Å². The van der Waals surface area contributed by atoms with Crippen LogP contribution >= 0.6 is 0 Å². The summed E-state index contributed by atoms with van der Waals surface area (Å²) >= 11 is 0. The maximum Gasteiger partial charge on any atom is 0.0599 e. The van der Waals surface area contributed by atoms with Gasteiger partial charge in [-0.05, 0) is 38.5 Å². The second kappa shape index (κ2) is 6.85. The van der Waals surface area contributed by atoms with Gasteiger partial charge < -0.3 is 15.2 Å². The summed E-state index contributed by atoms with van der Waals surface area (Å²) in [5.74, 6) is 0. The molecule has 4 heteroatoms. The molecule has 2 rings (SSSR count). The highest BCUT2D eigenvalue weighted by atomic mass is 16.5. The van der Waals surface area contributed by atoms with E-state index in [2.05, 4.69) is 4.90 Å². The van der Waals surface area contributed by atoms with Crippen LogP contribution in [0.25, 0.3) is 0 Å². The molecule has 2 aliphatic rings. The Balaban J connectivity index is 1.88. The molecule has 1 heterocycles. The number of piperidine rings is 1. The first-order valence-corrected chi connectivity index (χ1v) is 7.29. The molecular formula is C14H28N2O2. The molecule has 1 aliphatic heterocycles. The minimum absolute atomic E-state index is 0.408. The summed E-state index contributed by atoms with van der Waals surface area (Å²) in [6.45, 7) is 1.90. The lowest BCUT2D eigenvalue weighted by molar-refractivity contribution is -0.0252. The molecule has 2 unspecified atom stereocenters. The number of likely N-dealkylation sites (tertiary alicyclic amines) is 1. The molecule has 1 saturated carbocycles. The van der Waals surface area contributed by atoms with Crippen LogP contribution in [-0.2, 0) is 9.47 Å². The molecule has 0 spiro atoms. The van der Waals surface area contributed by atoms with Crippen LogP contribution in [0.5, 0.6) is 0 Å². The quantitative estimate of drug-likeness (QED) is 0.825. The second-order valence-electron chi connectivity index (χ2n) is 5.68. The van der Waals surface area contributed by atoms with Crippen molar-refractivity contribution in [1.29, 1.82) is 0 Å². The largest absolute Gasteiger partial charge is 0.381 e. The maximum atomic E-state index is 5.95. The predicted octanol–water partition coefficient (Wildman–Crippen LogP) is 1.38. The summed E-state index contributed by atoms with van der Waals surface area (Å²) in [7, 11) is 3.65. The molecule has 0 amide bonds. The van der Waals surface area contributed by atoms with Gasteiger partial charge in [-0.25, -0.2) is 0 Å². The molecule has 2 atom stereocenters. The standard InChI is InChI=1S/C14H28N2O2/c1-17-13-5-3-11(4-6-13)16-8-7-14(18-2)9-12(16)10-15/h11-14H,3-10,15H2,1-2H3. The third kappa shape index (κ3) is 3.23. The van der Waals surface area contributed by atoms with Crippen molar-refractivity contribution in [2.24, 2.45) is 5.73 Å². The lowest BCUT2D eigenvalue weighted by atomic mass is 9.88. The smallest absolute Gasteiger partial charge is 0.0599 e. The van der Waals surface area contributed by atoms with Gasteiger partial charge in [0.2, 0.25) is 0 Å². The molecule has 0 aromatic heterocycles. The molecule has 4 nitrogen and oxygen atoms in total. The zero-order chi connectivity index (χ0) is 13.0. The van der Waals surface area contributed by atoms with Crippen molar-refractivity contribution in [2.75, 3.05) is 27.3 Å². The number of nitrogens with zero attached hydrogens (tertiary/aromatic N) is 1. The van der Waals surface area contributed by atoms with Crippen LogP contribution in [0.15, 0.2) is 0 Å². The average molecular weight is 256 g/mol. The van der Waals surface area contributed by atoms with E-state index in [1.807, 2.05) is 14.2 Å². The number of rotatable bonds is 4. The van der Waals surface area contributed by atoms with Crippen LogP contribution in [-0.4, -0.2) is 56.5 Å². The fourth-order valence-corrected chi connectivity index (χ4v) is 3.57. The Morgan fingerprint density at radius 1 is 1.00 bits per heavy atom. The topological polar surface area (TPSA) is 47.7 Å². The Morgan fingerprint density at radius 2 is 1.67 bits per heavy atom. The molecule has 18 heavy (non-hydrogen) atoms. The van der Waals surface area contributed by atoms with Crippen LogP contribution in [0.1, 0.15) is 38.5 Å². The Bertz CT molecular complexity index is 242. The number of methoxy groups -OCH3 is 2. The second-order valence-corrected chi connectivity index (χ2v) is 5.68. The van der Waals surface area contributed by atoms with E-state index in [0.717, 1.165) is 25.9 Å². The zero-order valence-corrected chi connectivity index (χ0v) is 11.8. The molecular weight excluding hydrogens is 228 g/mol. The monoisotopic (exact) mass is 256 g/mol. The van der Waals surface area contributed by atoms with Crippen LogP contribution in [0.4, 0.5) is 0 Å². The van der Waals surface area contributed by atoms with E-state index in [4.69, 9.17) is 15.2 Å². The van der Waals surface area contributed by atoms with E-state index < -0.39 is 0 Å². The summed E-state index contributed by atoms with van der Waals surface area (Å²) in [4.78, 5) is 2.64. The van der Waals surface area contributed by atoms with Crippen LogP contribution < -0.4 is 5.73 Å². The molecule has 1 aliphatic carbocycles. The summed E-state index contributed by atoms with van der Waals surface area (Å²) in [5.41, 5.74) is 5.95. The first-order valence-electron chi connectivity index (χ1n) is 7.29. The van der Waals surface area contributed by atoms with Gasteiger partial charge in [-0.15, -0.1) is 0 Å². The molecule has 106 valence electrons. The van der Waals surface area contributed by atoms with E-state index in [1.54, 1.807) is 0 Å². The van der Waals surface area contributed by atoms with Crippen molar-refractivity contribution >= 4 is 0 Å². The molecule has 2 N–H and O–H groups in total. The van der Waals surface area contributed by atoms with Crippen molar-refractivity contribution in [3.8, 4) is 0 Å². The summed E-state index contributed by atoms with van der Waals surface area (Å²) in [6.07, 6.45) is 8.04. The van der Waals surface area contributed by atoms with Crippen molar-refractivity contribution in [1.82, 2.24) is 4.90 Å². The van der Waals surface area contributed by atoms with Gasteiger partial charge in [-0.1, -0.05) is 0 Å². The third-order valence-corrected chi connectivity index (χ3v) is 4.76. The number of nitrogens with two attached hydrogens (primary N) is 1. The SMILES string of the molecule is COC1CCC(N2CCC(OC)CC2CN)CC1. The lowest BCUT2D eigenvalue weighted by Gasteiger charge is -2.45. The fourth-order valence-electron chi connectivity index (χ4n) is 3.57. The minimum Gasteiger partial charge on any atom is -0.381 e. The first kappa shape index (κ1) is 14.3. The van der Waals surface area contributed by atoms with Gasteiger partial charge in [0.25, 0.3) is 0 Å². The van der Waals surface area contributed by atoms with Gasteiger partial charge in [0.15, 0.2) is 0 Å². The first-order chi connectivity index (χ1) is 8.78. The summed E-state index contributed by atoms with van der Waals surface area (Å²) in [5, 5.41) is 0. The highest BCUT2D eigenvalue weighted by Crippen LogP contribution is 2.30. The van der Waals surface area contributed by atoms with E-state index in [9.17, 15) is 0 Å². The zero-order valence-electron chi connectivity index (χ0n) is 11.8. The molecule has 1 saturated heterocycles. The Kier molecular flexibility index (Phi) is 5.42. The number of hydrogen-bond donors (Lipinski definition) is 1. The van der Waals surface area contributed by atoms with Gasteiger partial charge >= 0.3 is 0 Å². The summed E-state index contributed by atoms with van der Waals surface area (Å²) < 4.78 is 10.9. The van der Waals surface area contributed by atoms with Gasteiger partial charge in [0.05, 0.1) is 12.2 Å². The Labute approximate surface area is 111 Å². The molecule has 0 aromatic rings. The maximum absolute atomic E-state index is 5.95. The van der Waals surface area contributed by atoms with Crippen LogP contribution in [0.2, 0.25) is 0 Å². The van der Waals surface area contributed by atoms with Gasteiger partial charge in [-0.3, -0.25) is 4.90 Å². The van der Waals surface area contributed by atoms with Crippen molar-refractivity contribution in [3.05, 3.63) is 0 Å². The van der Waals surface area contributed by atoms with Gasteiger partial charge in [0, 0.05) is 39.4 Å². The van der Waals surface area contributed by atoms with E-state index in [1.165, 1.54) is 25.7 Å². The summed E-state index contributed by atoms with van der Waals surface area (Å²) in [6, 6.07) is 1.22. The molecule has 0 radical (unpaired) electrons. The van der Waals surface area contributed by atoms with E-state index in [-0.39, 0.29) is 0 Å². The van der Waals surface area contributed by atoms with Crippen molar-refractivity contribution < 1.29 is 9.47 Å². The van der Waals surface area contributed by atoms with Crippen molar-refractivity contribution in [3.63, 3.8) is 0 Å². The molecule has 0 bridgehead atoms. The number of hydrogen-bond acceptors (Lipinski definition) is 4. The Hall–Kier alpha value is -0.160. The normalized spacial score (nSPS) is 38.8.